The number of hydrogen-bond acceptors (Lipinski definition) is 2. The molecule has 1 fully saturated rings. The first-order valence-corrected chi connectivity index (χ1v) is 7.61. The number of carbonyl (C=O) groups excluding carboxylic acids is 1. The Labute approximate surface area is 129 Å². The van der Waals surface area contributed by atoms with Gasteiger partial charge in [-0.2, -0.15) is 0 Å². The van der Waals surface area contributed by atoms with E-state index in [2.05, 4.69) is 26.0 Å². The van der Waals surface area contributed by atoms with E-state index in [0.29, 0.717) is 12.3 Å². The summed E-state index contributed by atoms with van der Waals surface area (Å²) in [6.45, 7) is 4.08. The van der Waals surface area contributed by atoms with Gasteiger partial charge in [-0.05, 0) is 23.5 Å². The largest absolute Gasteiger partial charge is 0.479 e. The average molecular weight is 307 g/mol. The smallest absolute Gasteiger partial charge is 0.343 e. The fraction of sp³-hybridized carbons (Fsp3) is 0.529. The Morgan fingerprint density at radius 3 is 2.45 bits per heavy atom. The predicted octanol–water partition coefficient (Wildman–Crippen LogP) is 2.77. The quantitative estimate of drug-likeness (QED) is 0.910. The minimum absolute atomic E-state index is 0.128. The van der Waals surface area contributed by atoms with Gasteiger partial charge in [0.15, 0.2) is 0 Å². The summed E-state index contributed by atoms with van der Waals surface area (Å²) in [6.07, 6.45) is 0.730. The Hall–Kier alpha value is -1.91. The average Bonchev–Trinajstić information content (AvgIpc) is 2.89. The monoisotopic (exact) mass is 307 g/mol. The second-order valence-electron chi connectivity index (χ2n) is 6.23. The number of likely N-dealkylation sites (tertiary alicyclic amines) is 1. The lowest BCUT2D eigenvalue weighted by Gasteiger charge is -2.17. The number of aliphatic carboxylic acids is 1. The molecule has 1 aliphatic heterocycles. The van der Waals surface area contributed by atoms with Crippen LogP contribution in [0.5, 0.6) is 0 Å². The summed E-state index contributed by atoms with van der Waals surface area (Å²) < 4.78 is 13.9. The van der Waals surface area contributed by atoms with Crippen LogP contribution in [0.25, 0.3) is 0 Å². The van der Waals surface area contributed by atoms with Gasteiger partial charge in [0.05, 0.1) is 6.54 Å². The number of carboxylic acids is 1. The fourth-order valence-electron chi connectivity index (χ4n) is 2.64. The van der Waals surface area contributed by atoms with Crippen molar-refractivity contribution in [2.45, 2.75) is 44.7 Å². The molecular weight excluding hydrogens is 285 g/mol. The first kappa shape index (κ1) is 16.5. The van der Waals surface area contributed by atoms with Crippen molar-refractivity contribution in [1.82, 2.24) is 4.90 Å². The summed E-state index contributed by atoms with van der Waals surface area (Å²) >= 11 is 0. The van der Waals surface area contributed by atoms with Crippen LogP contribution in [0.3, 0.4) is 0 Å². The molecule has 1 unspecified atom stereocenters. The summed E-state index contributed by atoms with van der Waals surface area (Å²) in [4.78, 5) is 24.2. The zero-order valence-electron chi connectivity index (χ0n) is 13.0. The molecule has 4 nitrogen and oxygen atoms in total. The lowest BCUT2D eigenvalue weighted by atomic mass is 10.0. The summed E-state index contributed by atoms with van der Waals surface area (Å²) in [5, 5.41) is 8.84. The molecule has 1 atom stereocenters. The zero-order chi connectivity index (χ0) is 16.3. The highest BCUT2D eigenvalue weighted by molar-refractivity contribution is 5.82. The molecule has 5 heteroatoms. The van der Waals surface area contributed by atoms with E-state index in [1.807, 2.05) is 12.1 Å². The third-order valence-corrected chi connectivity index (χ3v) is 4.23. The molecule has 120 valence electrons. The van der Waals surface area contributed by atoms with Gasteiger partial charge in [0.25, 0.3) is 0 Å². The Kier molecular flexibility index (Phi) is 4.84. The predicted molar refractivity (Wildman–Crippen MR) is 81.5 cm³/mol. The molecule has 0 radical (unpaired) electrons. The van der Waals surface area contributed by atoms with Crippen LogP contribution >= 0.6 is 0 Å². The fourth-order valence-corrected chi connectivity index (χ4v) is 2.64. The van der Waals surface area contributed by atoms with Crippen molar-refractivity contribution in [3.05, 3.63) is 35.4 Å². The van der Waals surface area contributed by atoms with Gasteiger partial charge in [0.2, 0.25) is 11.6 Å². The van der Waals surface area contributed by atoms with E-state index < -0.39 is 11.6 Å². The van der Waals surface area contributed by atoms with Gasteiger partial charge < -0.3 is 10.0 Å². The van der Waals surface area contributed by atoms with Crippen LogP contribution in [-0.4, -0.2) is 40.6 Å². The van der Waals surface area contributed by atoms with Crippen molar-refractivity contribution in [3.63, 3.8) is 0 Å². The minimum Gasteiger partial charge on any atom is -0.479 e. The summed E-state index contributed by atoms with van der Waals surface area (Å²) in [5.74, 6) is -1.20. The van der Waals surface area contributed by atoms with Gasteiger partial charge in [0, 0.05) is 19.4 Å². The number of nitrogens with zero attached hydrogens (tertiary/aromatic N) is 1. The zero-order valence-corrected chi connectivity index (χ0v) is 13.0. The molecule has 0 bridgehead atoms. The Morgan fingerprint density at radius 1 is 1.32 bits per heavy atom. The Bertz CT molecular complexity index is 556. The number of rotatable bonds is 5. The lowest BCUT2D eigenvalue weighted by Crippen LogP contribution is -2.38. The highest BCUT2D eigenvalue weighted by Gasteiger charge is 2.46. The Morgan fingerprint density at radius 2 is 1.95 bits per heavy atom. The Balaban J connectivity index is 1.87. The second kappa shape index (κ2) is 6.46. The molecule has 0 aromatic heterocycles. The van der Waals surface area contributed by atoms with E-state index >= 15 is 0 Å². The third-order valence-electron chi connectivity index (χ3n) is 4.23. The van der Waals surface area contributed by atoms with Crippen LogP contribution in [-0.2, 0) is 16.0 Å². The third kappa shape index (κ3) is 3.64. The number of alkyl halides is 1. The molecule has 0 saturated carbocycles. The minimum atomic E-state index is -2.28. The van der Waals surface area contributed by atoms with Crippen molar-refractivity contribution in [2.75, 3.05) is 13.1 Å². The number of carbonyl (C=O) groups is 2. The molecule has 0 spiro atoms. The van der Waals surface area contributed by atoms with Crippen molar-refractivity contribution in [2.24, 2.45) is 0 Å². The van der Waals surface area contributed by atoms with E-state index in [9.17, 15) is 14.0 Å². The van der Waals surface area contributed by atoms with Crippen LogP contribution in [0.15, 0.2) is 24.3 Å². The number of aryl methyl sites for hydroxylation is 1. The second-order valence-corrected chi connectivity index (χ2v) is 6.23. The molecule has 1 aromatic rings. The number of halogens is 1. The number of carboxylic acid groups (broad SMARTS) is 1. The van der Waals surface area contributed by atoms with Crippen LogP contribution < -0.4 is 0 Å². The first-order valence-electron chi connectivity index (χ1n) is 7.61. The molecule has 1 aliphatic rings. The first-order chi connectivity index (χ1) is 10.3. The maximum atomic E-state index is 13.9. The van der Waals surface area contributed by atoms with Crippen molar-refractivity contribution in [3.8, 4) is 0 Å². The highest BCUT2D eigenvalue weighted by atomic mass is 19.1. The summed E-state index contributed by atoms with van der Waals surface area (Å²) in [6, 6.07) is 8.11. The van der Waals surface area contributed by atoms with Gasteiger partial charge in [-0.3, -0.25) is 4.79 Å². The van der Waals surface area contributed by atoms with Crippen LogP contribution in [0.4, 0.5) is 4.39 Å². The highest BCUT2D eigenvalue weighted by Crippen LogP contribution is 2.26. The number of amides is 1. The van der Waals surface area contributed by atoms with Crippen LogP contribution in [0.2, 0.25) is 0 Å². The van der Waals surface area contributed by atoms with Crippen molar-refractivity contribution >= 4 is 11.9 Å². The van der Waals surface area contributed by atoms with E-state index in [0.717, 1.165) is 5.56 Å². The molecule has 1 aromatic carbocycles. The van der Waals surface area contributed by atoms with E-state index in [1.165, 1.54) is 10.5 Å². The van der Waals surface area contributed by atoms with E-state index in [-0.39, 0.29) is 31.8 Å². The van der Waals surface area contributed by atoms with Gasteiger partial charge in [-0.15, -0.1) is 0 Å². The maximum absolute atomic E-state index is 13.9. The molecular formula is C17H22FNO3. The van der Waals surface area contributed by atoms with Crippen LogP contribution in [0, 0.1) is 0 Å². The van der Waals surface area contributed by atoms with Crippen LogP contribution in [0.1, 0.15) is 43.7 Å². The summed E-state index contributed by atoms with van der Waals surface area (Å²) in [7, 11) is 0. The van der Waals surface area contributed by atoms with Gasteiger partial charge in [-0.25, -0.2) is 9.18 Å². The summed E-state index contributed by atoms with van der Waals surface area (Å²) in [5.41, 5.74) is 0.0224. The molecule has 1 N–H and O–H groups in total. The molecule has 22 heavy (non-hydrogen) atoms. The SMILES string of the molecule is CC(C)c1ccc(CCC(=O)N2CCC(F)(C(=O)O)C2)cc1. The maximum Gasteiger partial charge on any atom is 0.343 e. The van der Waals surface area contributed by atoms with Gasteiger partial charge in [0.1, 0.15) is 0 Å². The number of hydrogen-bond donors (Lipinski definition) is 1. The van der Waals surface area contributed by atoms with Gasteiger partial charge in [-0.1, -0.05) is 38.1 Å². The van der Waals surface area contributed by atoms with Crippen molar-refractivity contribution in [1.29, 1.82) is 0 Å². The molecule has 1 saturated heterocycles. The van der Waals surface area contributed by atoms with Crippen molar-refractivity contribution < 1.29 is 19.1 Å². The van der Waals surface area contributed by atoms with E-state index in [4.69, 9.17) is 5.11 Å². The van der Waals surface area contributed by atoms with Gasteiger partial charge >= 0.3 is 5.97 Å². The molecule has 0 aliphatic carbocycles. The molecule has 2 rings (SSSR count). The lowest BCUT2D eigenvalue weighted by molar-refractivity contribution is -0.150. The topological polar surface area (TPSA) is 57.6 Å². The molecule has 1 heterocycles. The van der Waals surface area contributed by atoms with E-state index in [1.54, 1.807) is 0 Å². The standard InChI is InChI=1S/C17H22FNO3/c1-12(2)14-6-3-13(4-7-14)5-8-15(20)19-10-9-17(18,11-19)16(21)22/h3-4,6-7,12H,5,8-11H2,1-2H3,(H,21,22). The number of benzene rings is 1. The normalized spacial score (nSPS) is 21.4. The molecule has 1 amide bonds.